The Morgan fingerprint density at radius 1 is 1.05 bits per heavy atom. The van der Waals surface area contributed by atoms with Gasteiger partial charge in [0.25, 0.3) is 5.91 Å². The Bertz CT molecular complexity index is 2210. The van der Waals surface area contributed by atoms with Gasteiger partial charge in [0.2, 0.25) is 21.8 Å². The summed E-state index contributed by atoms with van der Waals surface area (Å²) in [6.45, 7) is 3.41. The number of ether oxygens (including phenoxy) is 3. The predicted molar refractivity (Wildman–Crippen MR) is 211 cm³/mol. The van der Waals surface area contributed by atoms with E-state index < -0.39 is 79.8 Å². The van der Waals surface area contributed by atoms with Crippen LogP contribution in [0.1, 0.15) is 108 Å². The summed E-state index contributed by atoms with van der Waals surface area (Å²) < 4.78 is 83.7. The molecule has 5 atom stereocenters. The van der Waals surface area contributed by atoms with Gasteiger partial charge in [0.1, 0.15) is 34.7 Å². The summed E-state index contributed by atoms with van der Waals surface area (Å²) >= 11 is 0. The highest BCUT2D eigenvalue weighted by Crippen LogP contribution is 2.49. The third-order valence-corrected chi connectivity index (χ3v) is 15.6. The van der Waals surface area contributed by atoms with Gasteiger partial charge >= 0.3 is 12.5 Å². The summed E-state index contributed by atoms with van der Waals surface area (Å²) in [5, 5.41) is 6.08. The first-order valence-electron chi connectivity index (χ1n) is 21.1. The number of hydrogen-bond donors (Lipinski definition) is 3. The van der Waals surface area contributed by atoms with Crippen molar-refractivity contribution in [1.29, 1.82) is 0 Å². The average Bonchev–Trinajstić information content (AvgIpc) is 3.97. The molecular weight excluding hydrogens is 808 g/mol. The van der Waals surface area contributed by atoms with Crippen LogP contribution < -0.4 is 24.8 Å². The number of pyridine rings is 1. The monoisotopic (exact) mass is 859 g/mol. The highest BCUT2D eigenvalue weighted by Gasteiger charge is 2.64. The van der Waals surface area contributed by atoms with Gasteiger partial charge in [0.05, 0.1) is 29.1 Å². The van der Waals surface area contributed by atoms with E-state index in [1.165, 1.54) is 23.1 Å². The molecule has 3 N–H and O–H groups in total. The second-order valence-electron chi connectivity index (χ2n) is 17.9. The molecule has 6 aliphatic rings. The first-order chi connectivity index (χ1) is 28.4. The Labute approximate surface area is 346 Å². The lowest BCUT2D eigenvalue weighted by molar-refractivity contribution is -0.274. The number of carbonyl (C=O) groups excluding carboxylic acids is 4. The van der Waals surface area contributed by atoms with Crippen LogP contribution in [0, 0.1) is 18.8 Å². The minimum Gasteiger partial charge on any atom is -0.483 e. The van der Waals surface area contributed by atoms with Crippen LogP contribution in [0.15, 0.2) is 30.4 Å². The summed E-state index contributed by atoms with van der Waals surface area (Å²) in [6, 6.07) is 1.63. The van der Waals surface area contributed by atoms with Gasteiger partial charge in [-0.2, -0.15) is 0 Å². The lowest BCUT2D eigenvalue weighted by Crippen LogP contribution is -2.58. The topological polar surface area (TPSA) is 182 Å². The van der Waals surface area contributed by atoms with Gasteiger partial charge in [0.15, 0.2) is 0 Å². The van der Waals surface area contributed by atoms with Crippen molar-refractivity contribution in [2.24, 2.45) is 11.8 Å². The van der Waals surface area contributed by atoms with E-state index in [0.29, 0.717) is 60.0 Å². The minimum absolute atomic E-state index is 0.0356. The molecule has 2 aromatic rings. The fourth-order valence-electron chi connectivity index (χ4n) is 9.42. The molecule has 4 fully saturated rings. The first-order valence-corrected chi connectivity index (χ1v) is 22.6. The number of amides is 4. The normalized spacial score (nSPS) is 29.8. The Morgan fingerprint density at radius 3 is 2.53 bits per heavy atom. The van der Waals surface area contributed by atoms with Crippen molar-refractivity contribution in [3.63, 3.8) is 0 Å². The van der Waals surface area contributed by atoms with Gasteiger partial charge in [-0.3, -0.25) is 19.1 Å². The van der Waals surface area contributed by atoms with Crippen LogP contribution in [-0.4, -0.2) is 89.6 Å². The number of benzene rings is 1. The zero-order valence-corrected chi connectivity index (χ0v) is 34.6. The number of fused-ring (bicyclic) bond motifs is 5. The summed E-state index contributed by atoms with van der Waals surface area (Å²) in [5.74, 6) is -2.41. The number of carbonyl (C=O) groups is 4. The molecule has 8 rings (SSSR count). The molecule has 4 heterocycles. The third-order valence-electron chi connectivity index (χ3n) is 13.4. The van der Waals surface area contributed by atoms with E-state index in [9.17, 15) is 40.8 Å². The molecule has 326 valence electrons. The van der Waals surface area contributed by atoms with Gasteiger partial charge in [-0.15, -0.1) is 13.2 Å². The molecule has 0 bridgehead atoms. The number of allylic oxidation sites excluding steroid dienone is 1. The van der Waals surface area contributed by atoms with Crippen LogP contribution in [0.4, 0.5) is 18.0 Å². The number of alkyl carbamates (subject to hydrolysis) is 1. The van der Waals surface area contributed by atoms with Crippen molar-refractivity contribution in [2.75, 3.05) is 13.2 Å². The Kier molecular flexibility index (Phi) is 11.0. The Balaban J connectivity index is 1.11. The van der Waals surface area contributed by atoms with Crippen LogP contribution in [0.3, 0.4) is 0 Å². The molecule has 0 radical (unpaired) electrons. The smallest absolute Gasteiger partial charge is 0.483 e. The van der Waals surface area contributed by atoms with Crippen LogP contribution in [0.2, 0.25) is 0 Å². The number of rotatable bonds is 7. The van der Waals surface area contributed by atoms with Crippen molar-refractivity contribution >= 4 is 44.7 Å². The maximum atomic E-state index is 14.8. The molecule has 14 nitrogen and oxygen atoms in total. The Hall–Kier alpha value is -4.61. The number of alkyl halides is 3. The predicted octanol–water partition coefficient (Wildman–Crippen LogP) is 5.79. The second kappa shape index (κ2) is 15.7. The van der Waals surface area contributed by atoms with Gasteiger partial charge in [0, 0.05) is 23.3 Å². The summed E-state index contributed by atoms with van der Waals surface area (Å²) in [7, 11) is -4.05. The molecule has 0 unspecified atom stereocenters. The van der Waals surface area contributed by atoms with Crippen molar-refractivity contribution in [3.05, 3.63) is 41.6 Å². The minimum atomic E-state index is -4.90. The molecule has 3 aliphatic heterocycles. The molecule has 18 heteroatoms. The van der Waals surface area contributed by atoms with Gasteiger partial charge < -0.3 is 29.7 Å². The molecule has 1 aromatic carbocycles. The molecular formula is C42H52F3N5O9S. The van der Waals surface area contributed by atoms with Crippen molar-refractivity contribution in [1.82, 2.24) is 25.2 Å². The summed E-state index contributed by atoms with van der Waals surface area (Å²) in [4.78, 5) is 62.7. The van der Waals surface area contributed by atoms with Crippen LogP contribution >= 0.6 is 0 Å². The lowest BCUT2D eigenvalue weighted by atomic mass is 9.87. The quantitative estimate of drug-likeness (QED) is 0.289. The van der Waals surface area contributed by atoms with Crippen LogP contribution in [0.25, 0.3) is 10.9 Å². The third kappa shape index (κ3) is 8.49. The van der Waals surface area contributed by atoms with E-state index in [0.717, 1.165) is 38.5 Å². The molecule has 60 heavy (non-hydrogen) atoms. The number of aryl methyl sites for hydroxylation is 2. The number of aromatic nitrogens is 1. The summed E-state index contributed by atoms with van der Waals surface area (Å²) in [5.41, 5.74) is -1.26. The van der Waals surface area contributed by atoms with Crippen LogP contribution in [-0.2, 0) is 35.6 Å². The molecule has 3 saturated carbocycles. The maximum absolute atomic E-state index is 14.8. The number of sulfonamides is 1. The maximum Gasteiger partial charge on any atom is 0.573 e. The number of nitrogens with one attached hydrogen (secondary N) is 3. The fraction of sp³-hybridized carbons (Fsp3) is 0.643. The van der Waals surface area contributed by atoms with Crippen molar-refractivity contribution in [2.45, 2.75) is 144 Å². The molecule has 1 saturated heterocycles. The van der Waals surface area contributed by atoms with Crippen molar-refractivity contribution in [3.8, 4) is 11.5 Å². The van der Waals surface area contributed by atoms with E-state index in [1.807, 2.05) is 12.2 Å². The van der Waals surface area contributed by atoms with E-state index >= 15 is 0 Å². The highest BCUT2D eigenvalue weighted by atomic mass is 32.2. The van der Waals surface area contributed by atoms with E-state index in [-0.39, 0.29) is 44.8 Å². The van der Waals surface area contributed by atoms with Gasteiger partial charge in [-0.05, 0) is 102 Å². The standard InChI is InChI=1S/C42H52F3N5O9S/c1-25-34-29(30-20-28(58-42(43,44)45)14-15-31(30)46-25)16-17-40(59-34)22-33-35(51)48-41(37(53)49-60(55,56)39(2)18-19-39)21-27(41)12-6-4-3-5-7-13-32(36(52)50(33)24-40)47-38(54)57-23-26-10-8-9-11-26/h6,12,14-15,20,26-27,32-33H,3-5,7-11,13,16-19,21-24H2,1-2H3,(H,47,54)(H,48,51)(H,49,53)/b12-6-/t27-,32+,33+,40-,41-/m1/s1. The number of halogens is 3. The van der Waals surface area contributed by atoms with E-state index in [1.54, 1.807) is 13.8 Å². The Morgan fingerprint density at radius 2 is 1.80 bits per heavy atom. The van der Waals surface area contributed by atoms with Crippen molar-refractivity contribution < 1.29 is 55.0 Å². The molecule has 1 aromatic heterocycles. The fourth-order valence-corrected chi connectivity index (χ4v) is 10.7. The second-order valence-corrected chi connectivity index (χ2v) is 20.1. The van der Waals surface area contributed by atoms with Gasteiger partial charge in [-0.25, -0.2) is 18.2 Å². The zero-order chi connectivity index (χ0) is 42.7. The first kappa shape index (κ1) is 42.1. The lowest BCUT2D eigenvalue weighted by Gasteiger charge is -2.36. The summed E-state index contributed by atoms with van der Waals surface area (Å²) in [6.07, 6.45) is 6.62. The van der Waals surface area contributed by atoms with Crippen LogP contribution in [0.5, 0.6) is 11.5 Å². The number of hydrogen-bond acceptors (Lipinski definition) is 10. The SMILES string of the molecule is Cc1nc2ccc(OC(F)(F)F)cc2c2c1O[C@]1(CC2)C[C@H]2C(=O)N[C@]3(C(=O)NS(=O)(=O)C4(C)CC4)C[C@H]3/C=C\CCCCC[C@H](NC(=O)OCC3CCCC3)C(=O)N2C1. The van der Waals surface area contributed by atoms with Gasteiger partial charge in [-0.1, -0.05) is 37.8 Å². The van der Waals surface area contributed by atoms with E-state index in [2.05, 4.69) is 25.1 Å². The number of nitrogens with zero attached hydrogens (tertiary/aromatic N) is 2. The largest absolute Gasteiger partial charge is 0.573 e. The van der Waals surface area contributed by atoms with E-state index in [4.69, 9.17) is 9.47 Å². The zero-order valence-electron chi connectivity index (χ0n) is 33.8. The average molecular weight is 860 g/mol. The molecule has 1 spiro atoms. The molecule has 4 amide bonds. The molecule has 3 aliphatic carbocycles. The highest BCUT2D eigenvalue weighted by molar-refractivity contribution is 7.91.